The van der Waals surface area contributed by atoms with Gasteiger partial charge in [-0.3, -0.25) is 4.79 Å². The van der Waals surface area contributed by atoms with E-state index in [0.29, 0.717) is 12.5 Å². The summed E-state index contributed by atoms with van der Waals surface area (Å²) >= 11 is 5.70. The van der Waals surface area contributed by atoms with Gasteiger partial charge in [0.2, 0.25) is 0 Å². The highest BCUT2D eigenvalue weighted by molar-refractivity contribution is 6.30. The van der Waals surface area contributed by atoms with Gasteiger partial charge in [-0.2, -0.15) is 0 Å². The van der Waals surface area contributed by atoms with Gasteiger partial charge in [0.25, 0.3) is 0 Å². The Bertz CT molecular complexity index is 443. The number of hydrogen-bond acceptors (Lipinski definition) is 2. The van der Waals surface area contributed by atoms with Gasteiger partial charge in [0, 0.05) is 13.0 Å². The zero-order chi connectivity index (χ0) is 13.1. The van der Waals surface area contributed by atoms with Crippen molar-refractivity contribution in [3.8, 4) is 0 Å². The van der Waals surface area contributed by atoms with E-state index < -0.39 is 5.82 Å². The third-order valence-corrected chi connectivity index (χ3v) is 3.37. The van der Waals surface area contributed by atoms with Gasteiger partial charge >= 0.3 is 0 Å². The van der Waals surface area contributed by atoms with Gasteiger partial charge in [-0.05, 0) is 43.4 Å². The molecule has 0 spiro atoms. The molecule has 0 radical (unpaired) electrons. The molecule has 1 aromatic carbocycles. The van der Waals surface area contributed by atoms with Crippen LogP contribution in [0.5, 0.6) is 0 Å². The van der Waals surface area contributed by atoms with E-state index >= 15 is 0 Å². The Hall–Kier alpha value is -0.930. The molecule has 2 nitrogen and oxygen atoms in total. The van der Waals surface area contributed by atoms with Crippen LogP contribution >= 0.6 is 11.6 Å². The van der Waals surface area contributed by atoms with Crippen LogP contribution in [0.3, 0.4) is 0 Å². The first-order chi connectivity index (χ1) is 8.61. The number of hydrogen-bond donors (Lipinski definition) is 0. The lowest BCUT2D eigenvalue weighted by Gasteiger charge is -2.15. The van der Waals surface area contributed by atoms with Gasteiger partial charge in [0.15, 0.2) is 5.78 Å². The average Bonchev–Trinajstić information content (AvgIpc) is 3.15. The van der Waals surface area contributed by atoms with E-state index in [0.717, 1.165) is 18.4 Å². The second kappa shape index (κ2) is 5.81. The standard InChI is InChI=1S/C14H16ClFO2/c1-2-18-14(10-4-5-10)13(17)8-9-3-6-12(16)11(15)7-9/h3,6-7,10,14H,2,4-5,8H2,1H3. The molecule has 1 atom stereocenters. The molecular formula is C14H16ClFO2. The van der Waals surface area contributed by atoms with Crippen LogP contribution in [0.4, 0.5) is 4.39 Å². The summed E-state index contributed by atoms with van der Waals surface area (Å²) in [6.07, 6.45) is 2.06. The van der Waals surface area contributed by atoms with E-state index in [-0.39, 0.29) is 23.3 Å². The Labute approximate surface area is 111 Å². The molecule has 18 heavy (non-hydrogen) atoms. The highest BCUT2D eigenvalue weighted by Crippen LogP contribution is 2.35. The molecular weight excluding hydrogens is 255 g/mol. The maximum absolute atomic E-state index is 13.0. The van der Waals surface area contributed by atoms with Crippen LogP contribution in [0.25, 0.3) is 0 Å². The second-order valence-electron chi connectivity index (χ2n) is 4.60. The van der Waals surface area contributed by atoms with Crippen molar-refractivity contribution in [3.63, 3.8) is 0 Å². The normalized spacial score (nSPS) is 16.6. The molecule has 1 saturated carbocycles. The molecule has 1 aliphatic carbocycles. The van der Waals surface area contributed by atoms with E-state index in [1.807, 2.05) is 6.92 Å². The predicted molar refractivity (Wildman–Crippen MR) is 68.3 cm³/mol. The number of benzene rings is 1. The van der Waals surface area contributed by atoms with Gasteiger partial charge in [-0.1, -0.05) is 17.7 Å². The molecule has 0 aliphatic heterocycles. The minimum Gasteiger partial charge on any atom is -0.370 e. The SMILES string of the molecule is CCOC(C(=O)Cc1ccc(F)c(Cl)c1)C1CC1. The molecule has 0 saturated heterocycles. The summed E-state index contributed by atoms with van der Waals surface area (Å²) in [5.41, 5.74) is 0.733. The van der Waals surface area contributed by atoms with Crippen LogP contribution in [0, 0.1) is 11.7 Å². The Balaban J connectivity index is 2.02. The average molecular weight is 271 g/mol. The molecule has 1 aromatic rings. The summed E-state index contributed by atoms with van der Waals surface area (Å²) < 4.78 is 18.5. The number of Topliss-reactive ketones (excluding diaryl/α,β-unsaturated/α-hetero) is 1. The third kappa shape index (κ3) is 3.30. The van der Waals surface area contributed by atoms with Gasteiger partial charge in [0.1, 0.15) is 11.9 Å². The summed E-state index contributed by atoms with van der Waals surface area (Å²) in [6, 6.07) is 4.39. The first-order valence-corrected chi connectivity index (χ1v) is 6.58. The molecule has 0 N–H and O–H groups in total. The fourth-order valence-corrected chi connectivity index (χ4v) is 2.22. The highest BCUT2D eigenvalue weighted by atomic mass is 35.5. The first-order valence-electron chi connectivity index (χ1n) is 6.20. The van der Waals surface area contributed by atoms with Crippen molar-refractivity contribution in [1.82, 2.24) is 0 Å². The summed E-state index contributed by atoms with van der Waals surface area (Å²) in [5.74, 6) is -0.0354. The van der Waals surface area contributed by atoms with Crippen LogP contribution in [-0.4, -0.2) is 18.5 Å². The molecule has 2 rings (SSSR count). The Kier molecular flexibility index (Phi) is 4.36. The number of ether oxygens (including phenoxy) is 1. The molecule has 1 aliphatic rings. The minimum absolute atomic E-state index is 0.0553. The molecule has 1 fully saturated rings. The molecule has 0 amide bonds. The van der Waals surface area contributed by atoms with Crippen molar-refractivity contribution in [2.24, 2.45) is 5.92 Å². The first kappa shape index (κ1) is 13.5. The minimum atomic E-state index is -0.462. The van der Waals surface area contributed by atoms with Crippen molar-refractivity contribution in [2.45, 2.75) is 32.3 Å². The van der Waals surface area contributed by atoms with Crippen LogP contribution in [0.2, 0.25) is 5.02 Å². The Morgan fingerprint density at radius 2 is 2.28 bits per heavy atom. The third-order valence-electron chi connectivity index (χ3n) is 3.08. The maximum atomic E-state index is 13.0. The predicted octanol–water partition coefficient (Wildman–Crippen LogP) is 3.41. The summed E-state index contributed by atoms with van der Waals surface area (Å²) in [4.78, 5) is 12.1. The lowest BCUT2D eigenvalue weighted by atomic mass is 10.0. The summed E-state index contributed by atoms with van der Waals surface area (Å²) in [7, 11) is 0. The molecule has 0 aromatic heterocycles. The van der Waals surface area contributed by atoms with Crippen molar-refractivity contribution in [3.05, 3.63) is 34.6 Å². The van der Waals surface area contributed by atoms with Crippen molar-refractivity contribution >= 4 is 17.4 Å². The quantitative estimate of drug-likeness (QED) is 0.792. The zero-order valence-electron chi connectivity index (χ0n) is 10.3. The smallest absolute Gasteiger partial charge is 0.166 e. The molecule has 4 heteroatoms. The maximum Gasteiger partial charge on any atom is 0.166 e. The zero-order valence-corrected chi connectivity index (χ0v) is 11.0. The fraction of sp³-hybridized carbons (Fsp3) is 0.500. The monoisotopic (exact) mass is 270 g/mol. The van der Waals surface area contributed by atoms with Crippen LogP contribution in [0.15, 0.2) is 18.2 Å². The van der Waals surface area contributed by atoms with E-state index in [2.05, 4.69) is 0 Å². The van der Waals surface area contributed by atoms with Gasteiger partial charge < -0.3 is 4.74 Å². The Morgan fingerprint density at radius 3 is 2.83 bits per heavy atom. The fourth-order valence-electron chi connectivity index (χ4n) is 2.02. The molecule has 1 unspecified atom stereocenters. The van der Waals surface area contributed by atoms with E-state index in [1.54, 1.807) is 6.07 Å². The van der Waals surface area contributed by atoms with Gasteiger partial charge in [-0.25, -0.2) is 4.39 Å². The molecule has 98 valence electrons. The number of halogens is 2. The van der Waals surface area contributed by atoms with E-state index in [4.69, 9.17) is 16.3 Å². The van der Waals surface area contributed by atoms with E-state index in [1.165, 1.54) is 12.1 Å². The summed E-state index contributed by atoms with van der Waals surface area (Å²) in [5, 5.41) is 0.0553. The number of ketones is 1. The topological polar surface area (TPSA) is 26.3 Å². The molecule has 0 heterocycles. The highest BCUT2D eigenvalue weighted by Gasteiger charge is 2.36. The van der Waals surface area contributed by atoms with Crippen molar-refractivity contribution < 1.29 is 13.9 Å². The lowest BCUT2D eigenvalue weighted by Crippen LogP contribution is -2.28. The van der Waals surface area contributed by atoms with Crippen LogP contribution in [-0.2, 0) is 16.0 Å². The van der Waals surface area contributed by atoms with Crippen LogP contribution in [0.1, 0.15) is 25.3 Å². The summed E-state index contributed by atoms with van der Waals surface area (Å²) in [6.45, 7) is 2.43. The molecule has 0 bridgehead atoms. The largest absolute Gasteiger partial charge is 0.370 e. The van der Waals surface area contributed by atoms with Crippen molar-refractivity contribution in [2.75, 3.05) is 6.61 Å². The van der Waals surface area contributed by atoms with Crippen molar-refractivity contribution in [1.29, 1.82) is 0 Å². The lowest BCUT2D eigenvalue weighted by molar-refractivity contribution is -0.130. The van der Waals surface area contributed by atoms with E-state index in [9.17, 15) is 9.18 Å². The Morgan fingerprint density at radius 1 is 1.56 bits per heavy atom. The number of carbonyl (C=O) groups excluding carboxylic acids is 1. The number of carbonyl (C=O) groups is 1. The van der Waals surface area contributed by atoms with Crippen LogP contribution < -0.4 is 0 Å². The number of rotatable bonds is 6. The van der Waals surface area contributed by atoms with Gasteiger partial charge in [-0.15, -0.1) is 0 Å². The van der Waals surface area contributed by atoms with Gasteiger partial charge in [0.05, 0.1) is 5.02 Å². The second-order valence-corrected chi connectivity index (χ2v) is 5.01.